The second-order valence-electron chi connectivity index (χ2n) is 9.82. The summed E-state index contributed by atoms with van der Waals surface area (Å²) < 4.78 is 10.2. The topological polar surface area (TPSA) is 155 Å². The molecule has 0 aliphatic rings. The van der Waals surface area contributed by atoms with Gasteiger partial charge in [-0.1, -0.05) is 26.0 Å². The number of hydrogen-bond donors (Lipinski definition) is 5. The van der Waals surface area contributed by atoms with Gasteiger partial charge in [-0.25, -0.2) is 4.79 Å². The van der Waals surface area contributed by atoms with Gasteiger partial charge in [0, 0.05) is 13.5 Å². The first kappa shape index (κ1) is 30.7. The Hall–Kier alpha value is -3.34. The van der Waals surface area contributed by atoms with Gasteiger partial charge in [0.25, 0.3) is 5.91 Å². The van der Waals surface area contributed by atoms with Gasteiger partial charge in [-0.3, -0.25) is 14.4 Å². The summed E-state index contributed by atoms with van der Waals surface area (Å²) in [7, 11) is 3.02. The Morgan fingerprint density at radius 2 is 1.53 bits per heavy atom. The number of ether oxygens (including phenoxy) is 2. The Bertz CT molecular complexity index is 881. The molecule has 3 atom stereocenters. The molecular formula is C25H40N4O7. The van der Waals surface area contributed by atoms with Crippen molar-refractivity contribution in [3.63, 3.8) is 0 Å². The molecule has 0 aromatic heterocycles. The van der Waals surface area contributed by atoms with Crippen LogP contribution in [0.25, 0.3) is 0 Å². The minimum atomic E-state index is -1.60. The van der Waals surface area contributed by atoms with Crippen LogP contribution in [0.15, 0.2) is 24.3 Å². The number of benzene rings is 1. The molecule has 0 aliphatic heterocycles. The predicted octanol–water partition coefficient (Wildman–Crippen LogP) is 0.885. The Kier molecular flexibility index (Phi) is 12.2. The number of methoxy groups -OCH3 is 1. The molecule has 0 aliphatic carbocycles. The van der Waals surface area contributed by atoms with E-state index in [1.807, 2.05) is 13.8 Å². The SMILES string of the molecule is CNC(=O)[C@H](Cc1ccc(OC)cc1)NC(=O)[C@H](CC(C)C)NC(=O)[C@@H](O)CNC(=O)OC(C)(C)C. The Morgan fingerprint density at radius 3 is 2.03 bits per heavy atom. The Morgan fingerprint density at radius 1 is 0.944 bits per heavy atom. The number of aliphatic hydroxyl groups is 1. The first-order valence-electron chi connectivity index (χ1n) is 11.9. The molecule has 0 saturated heterocycles. The number of carbonyl (C=O) groups is 4. The minimum absolute atomic E-state index is 0.0260. The average Bonchev–Trinajstić information content (AvgIpc) is 2.80. The highest BCUT2D eigenvalue weighted by Gasteiger charge is 2.29. The number of nitrogens with one attached hydrogen (secondary N) is 4. The van der Waals surface area contributed by atoms with Crippen molar-refractivity contribution in [2.45, 2.75) is 71.2 Å². The first-order valence-corrected chi connectivity index (χ1v) is 11.9. The van der Waals surface area contributed by atoms with Crippen LogP contribution in [-0.4, -0.2) is 73.4 Å². The highest BCUT2D eigenvalue weighted by Crippen LogP contribution is 2.13. The number of carbonyl (C=O) groups excluding carboxylic acids is 4. The summed E-state index contributed by atoms with van der Waals surface area (Å²) in [5.74, 6) is -1.10. The minimum Gasteiger partial charge on any atom is -0.497 e. The fourth-order valence-corrected chi connectivity index (χ4v) is 3.21. The van der Waals surface area contributed by atoms with E-state index in [4.69, 9.17) is 9.47 Å². The summed E-state index contributed by atoms with van der Waals surface area (Å²) in [6, 6.07) is 5.21. The molecule has 11 heteroatoms. The molecule has 11 nitrogen and oxygen atoms in total. The molecular weight excluding hydrogens is 468 g/mol. The zero-order valence-electron chi connectivity index (χ0n) is 22.1. The number of amides is 4. The standard InChI is InChI=1S/C25H40N4O7/c1-15(2)12-18(29-23(33)20(30)14-27-24(34)36-25(3,4)5)22(32)28-19(21(31)26-6)13-16-8-10-17(35-7)11-9-16/h8-11,15,18-20,30H,12-14H2,1-7H3,(H,26,31)(H,27,34)(H,28,32)(H,29,33)/t18-,19-,20-/m0/s1. The van der Waals surface area contributed by atoms with Gasteiger partial charge in [-0.15, -0.1) is 0 Å². The molecule has 1 aromatic rings. The largest absolute Gasteiger partial charge is 0.497 e. The van der Waals surface area contributed by atoms with Crippen molar-refractivity contribution in [2.75, 3.05) is 20.7 Å². The van der Waals surface area contributed by atoms with E-state index in [0.29, 0.717) is 5.75 Å². The number of likely N-dealkylation sites (N-methyl/N-ethyl adjacent to an activating group) is 1. The van der Waals surface area contributed by atoms with Gasteiger partial charge in [0.15, 0.2) is 0 Å². The highest BCUT2D eigenvalue weighted by atomic mass is 16.6. The van der Waals surface area contributed by atoms with Crippen LogP contribution in [0.1, 0.15) is 46.6 Å². The van der Waals surface area contributed by atoms with Crippen LogP contribution >= 0.6 is 0 Å². The fourth-order valence-electron chi connectivity index (χ4n) is 3.21. The van der Waals surface area contributed by atoms with Gasteiger partial charge in [-0.05, 0) is 50.8 Å². The predicted molar refractivity (Wildman–Crippen MR) is 134 cm³/mol. The van der Waals surface area contributed by atoms with E-state index >= 15 is 0 Å². The van der Waals surface area contributed by atoms with Gasteiger partial charge < -0.3 is 35.8 Å². The molecule has 1 rings (SSSR count). The number of hydrogen-bond acceptors (Lipinski definition) is 7. The molecule has 36 heavy (non-hydrogen) atoms. The maximum absolute atomic E-state index is 13.1. The van der Waals surface area contributed by atoms with E-state index in [2.05, 4.69) is 21.3 Å². The van der Waals surface area contributed by atoms with Gasteiger partial charge >= 0.3 is 6.09 Å². The maximum atomic E-state index is 13.1. The van der Waals surface area contributed by atoms with Gasteiger partial charge in [0.2, 0.25) is 11.8 Å². The van der Waals surface area contributed by atoms with Crippen LogP contribution in [0.2, 0.25) is 0 Å². The lowest BCUT2D eigenvalue weighted by molar-refractivity contribution is -0.135. The third kappa shape index (κ3) is 11.4. The monoisotopic (exact) mass is 508 g/mol. The molecule has 0 heterocycles. The van der Waals surface area contributed by atoms with Gasteiger partial charge in [0.1, 0.15) is 29.5 Å². The molecule has 0 radical (unpaired) electrons. The van der Waals surface area contributed by atoms with Gasteiger partial charge in [0.05, 0.1) is 13.7 Å². The quantitative estimate of drug-likeness (QED) is 0.281. The smallest absolute Gasteiger partial charge is 0.407 e. The number of aliphatic hydroxyl groups excluding tert-OH is 1. The summed E-state index contributed by atoms with van der Waals surface area (Å²) in [4.78, 5) is 49.9. The lowest BCUT2D eigenvalue weighted by Crippen LogP contribution is -2.56. The van der Waals surface area contributed by atoms with E-state index in [9.17, 15) is 24.3 Å². The number of rotatable bonds is 12. The van der Waals surface area contributed by atoms with E-state index < -0.39 is 54.1 Å². The second-order valence-corrected chi connectivity index (χ2v) is 9.82. The van der Waals surface area contributed by atoms with Crippen molar-refractivity contribution in [2.24, 2.45) is 5.92 Å². The molecule has 202 valence electrons. The van der Waals surface area contributed by atoms with Crippen LogP contribution < -0.4 is 26.0 Å². The van der Waals surface area contributed by atoms with Crippen LogP contribution in [0.5, 0.6) is 5.75 Å². The van der Waals surface area contributed by atoms with Crippen LogP contribution in [-0.2, 0) is 25.5 Å². The Balaban J connectivity index is 2.85. The summed E-state index contributed by atoms with van der Waals surface area (Å²) in [6.45, 7) is 8.42. The molecule has 0 unspecified atom stereocenters. The summed E-state index contributed by atoms with van der Waals surface area (Å²) in [5, 5.41) is 20.3. The van der Waals surface area contributed by atoms with Gasteiger partial charge in [-0.2, -0.15) is 0 Å². The van der Waals surface area contributed by atoms with Crippen molar-refractivity contribution in [3.05, 3.63) is 29.8 Å². The molecule has 0 spiro atoms. The fraction of sp³-hybridized carbons (Fsp3) is 0.600. The molecule has 0 saturated carbocycles. The van der Waals surface area contributed by atoms with Crippen molar-refractivity contribution in [1.29, 1.82) is 0 Å². The lowest BCUT2D eigenvalue weighted by Gasteiger charge is -2.25. The van der Waals surface area contributed by atoms with Crippen LogP contribution in [0.4, 0.5) is 4.79 Å². The molecule has 0 bridgehead atoms. The molecule has 5 N–H and O–H groups in total. The molecule has 1 aromatic carbocycles. The van der Waals surface area contributed by atoms with Crippen LogP contribution in [0.3, 0.4) is 0 Å². The first-order chi connectivity index (χ1) is 16.7. The van der Waals surface area contributed by atoms with Crippen molar-refractivity contribution >= 4 is 23.8 Å². The summed E-state index contributed by atoms with van der Waals surface area (Å²) in [6.07, 6.45) is -1.89. The van der Waals surface area contributed by atoms with E-state index in [1.54, 1.807) is 52.1 Å². The Labute approximate surface area is 212 Å². The summed E-state index contributed by atoms with van der Waals surface area (Å²) in [5.41, 5.74) is 0.0722. The van der Waals surface area contributed by atoms with Crippen molar-refractivity contribution in [3.8, 4) is 5.75 Å². The molecule has 0 fully saturated rings. The average molecular weight is 509 g/mol. The molecule has 4 amide bonds. The lowest BCUT2D eigenvalue weighted by atomic mass is 10.0. The third-order valence-corrected chi connectivity index (χ3v) is 4.96. The van der Waals surface area contributed by atoms with E-state index in [-0.39, 0.29) is 18.8 Å². The third-order valence-electron chi connectivity index (χ3n) is 4.96. The normalized spacial score (nSPS) is 13.7. The summed E-state index contributed by atoms with van der Waals surface area (Å²) >= 11 is 0. The van der Waals surface area contributed by atoms with Crippen LogP contribution in [0, 0.1) is 5.92 Å². The van der Waals surface area contributed by atoms with Crippen molar-refractivity contribution < 1.29 is 33.8 Å². The van der Waals surface area contributed by atoms with E-state index in [0.717, 1.165) is 5.56 Å². The maximum Gasteiger partial charge on any atom is 0.407 e. The zero-order chi connectivity index (χ0) is 27.5. The van der Waals surface area contributed by atoms with Crippen molar-refractivity contribution in [1.82, 2.24) is 21.3 Å². The zero-order valence-corrected chi connectivity index (χ0v) is 22.1. The second kappa shape index (κ2) is 14.3. The number of alkyl carbamates (subject to hydrolysis) is 1. The van der Waals surface area contributed by atoms with E-state index in [1.165, 1.54) is 7.05 Å². The highest BCUT2D eigenvalue weighted by molar-refractivity contribution is 5.93.